The lowest BCUT2D eigenvalue weighted by Gasteiger charge is -2.63. The second-order valence-electron chi connectivity index (χ2n) is 12.5. The molecule has 0 amide bonds. The largest absolute Gasteiger partial charge is 0.469 e. The third-order valence-electron chi connectivity index (χ3n) is 11.1. The summed E-state index contributed by atoms with van der Waals surface area (Å²) < 4.78 is 5.30. The van der Waals surface area contributed by atoms with E-state index in [4.69, 9.17) is 4.74 Å². The Morgan fingerprint density at radius 1 is 0.968 bits per heavy atom. The van der Waals surface area contributed by atoms with Gasteiger partial charge in [-0.25, -0.2) is 0 Å². The minimum absolute atomic E-state index is 0.0283. The summed E-state index contributed by atoms with van der Waals surface area (Å²) in [7, 11) is 1.57. The fourth-order valence-corrected chi connectivity index (χ4v) is 9.68. The number of esters is 1. The lowest BCUT2D eigenvalue weighted by Crippen LogP contribution is -2.63. The molecule has 0 aromatic rings. The van der Waals surface area contributed by atoms with Gasteiger partial charge in [-0.05, 0) is 98.7 Å². The Labute approximate surface area is 189 Å². The molecule has 176 valence electrons. The molecule has 0 radical (unpaired) electrons. The predicted octanol–water partition coefficient (Wildman–Crippen LogP) is 5.08. The molecule has 0 heterocycles. The lowest BCUT2D eigenvalue weighted by molar-refractivity contribution is -0.162. The van der Waals surface area contributed by atoms with Crippen molar-refractivity contribution in [2.45, 2.75) is 116 Å². The highest BCUT2D eigenvalue weighted by molar-refractivity contribution is 5.74. The summed E-state index contributed by atoms with van der Waals surface area (Å²) in [5, 5.41) is 14.7. The monoisotopic (exact) mass is 431 g/mol. The van der Waals surface area contributed by atoms with E-state index in [1.165, 1.54) is 57.8 Å². The zero-order chi connectivity index (χ0) is 21.8. The number of carbonyl (C=O) groups excluding carboxylic acids is 1. The Morgan fingerprint density at radius 2 is 1.74 bits per heavy atom. The molecule has 0 saturated heterocycles. The molecule has 0 aliphatic heterocycles. The van der Waals surface area contributed by atoms with Gasteiger partial charge < -0.3 is 15.2 Å². The van der Waals surface area contributed by atoms with Crippen LogP contribution >= 0.6 is 0 Å². The average molecular weight is 432 g/mol. The van der Waals surface area contributed by atoms with Crippen molar-refractivity contribution in [2.24, 2.45) is 40.4 Å². The zero-order valence-corrected chi connectivity index (χ0v) is 20.1. The normalized spacial score (nSPS) is 50.3. The summed E-state index contributed by atoms with van der Waals surface area (Å²) >= 11 is 0. The highest BCUT2D eigenvalue weighted by atomic mass is 16.5. The maximum atomic E-state index is 12.8. The van der Waals surface area contributed by atoms with E-state index in [1.54, 1.807) is 7.11 Å². The van der Waals surface area contributed by atoms with Gasteiger partial charge >= 0.3 is 5.97 Å². The molecule has 0 aromatic carbocycles. The molecular formula is C27H45NO3. The first kappa shape index (κ1) is 22.2. The fourth-order valence-electron chi connectivity index (χ4n) is 9.68. The number of carbonyl (C=O) groups is 1. The van der Waals surface area contributed by atoms with E-state index in [2.05, 4.69) is 19.2 Å². The topological polar surface area (TPSA) is 58.6 Å². The second kappa shape index (κ2) is 8.31. The maximum Gasteiger partial charge on any atom is 0.309 e. The quantitative estimate of drug-likeness (QED) is 0.612. The summed E-state index contributed by atoms with van der Waals surface area (Å²) in [5.74, 6) is 2.81. The minimum Gasteiger partial charge on any atom is -0.469 e. The SMILES string of the molecule is COC(=O)[C@H]1CC[C@H]2[C@@H]3CC[C@@H]4C[C@@H](O)CC[C@]4(C)[C@H]3[C@H](NC3CCCCC3)C[C@]12C. The number of hydrogen-bond acceptors (Lipinski definition) is 4. The van der Waals surface area contributed by atoms with E-state index < -0.39 is 0 Å². The molecule has 5 fully saturated rings. The number of ether oxygens (including phenoxy) is 1. The van der Waals surface area contributed by atoms with Crippen LogP contribution in [0.5, 0.6) is 0 Å². The molecule has 5 aliphatic rings. The highest BCUT2D eigenvalue weighted by Gasteiger charge is 2.64. The van der Waals surface area contributed by atoms with Gasteiger partial charge in [-0.3, -0.25) is 4.79 Å². The summed E-state index contributed by atoms with van der Waals surface area (Å²) in [6.45, 7) is 5.00. The van der Waals surface area contributed by atoms with E-state index in [0.717, 1.165) is 25.7 Å². The van der Waals surface area contributed by atoms with E-state index in [-0.39, 0.29) is 23.4 Å². The fraction of sp³-hybridized carbons (Fsp3) is 0.963. The third-order valence-corrected chi connectivity index (χ3v) is 11.1. The number of methoxy groups -OCH3 is 1. The number of hydrogen-bond donors (Lipinski definition) is 2. The molecule has 5 saturated carbocycles. The van der Waals surface area contributed by atoms with Gasteiger partial charge in [0.25, 0.3) is 0 Å². The zero-order valence-electron chi connectivity index (χ0n) is 20.1. The van der Waals surface area contributed by atoms with Gasteiger partial charge in [0.15, 0.2) is 0 Å². The number of rotatable bonds is 3. The van der Waals surface area contributed by atoms with Gasteiger partial charge in [0, 0.05) is 12.1 Å². The van der Waals surface area contributed by atoms with Crippen molar-refractivity contribution in [3.63, 3.8) is 0 Å². The molecule has 4 heteroatoms. The van der Waals surface area contributed by atoms with Crippen molar-refractivity contribution in [1.82, 2.24) is 5.32 Å². The van der Waals surface area contributed by atoms with Gasteiger partial charge in [0.05, 0.1) is 19.1 Å². The van der Waals surface area contributed by atoms with Crippen LogP contribution in [0.1, 0.15) is 97.3 Å². The molecule has 0 bridgehead atoms. The van der Waals surface area contributed by atoms with Gasteiger partial charge in [0.1, 0.15) is 0 Å². The molecule has 0 spiro atoms. The van der Waals surface area contributed by atoms with Crippen molar-refractivity contribution >= 4 is 5.97 Å². The predicted molar refractivity (Wildman–Crippen MR) is 122 cm³/mol. The summed E-state index contributed by atoms with van der Waals surface area (Å²) in [6, 6.07) is 1.15. The van der Waals surface area contributed by atoms with Gasteiger partial charge in [-0.2, -0.15) is 0 Å². The molecular weight excluding hydrogens is 386 g/mol. The molecule has 5 rings (SSSR count). The van der Waals surface area contributed by atoms with Crippen LogP contribution in [0.25, 0.3) is 0 Å². The Kier molecular flexibility index (Phi) is 5.95. The Morgan fingerprint density at radius 3 is 2.48 bits per heavy atom. The number of nitrogens with one attached hydrogen (secondary N) is 1. The first-order valence-corrected chi connectivity index (χ1v) is 13.4. The van der Waals surface area contributed by atoms with Crippen LogP contribution in [-0.2, 0) is 9.53 Å². The molecule has 5 aliphatic carbocycles. The van der Waals surface area contributed by atoms with Crippen LogP contribution in [0.15, 0.2) is 0 Å². The van der Waals surface area contributed by atoms with E-state index >= 15 is 0 Å². The van der Waals surface area contributed by atoms with Crippen molar-refractivity contribution in [3.8, 4) is 0 Å². The summed E-state index contributed by atoms with van der Waals surface area (Å²) in [6.07, 6.45) is 15.7. The number of aliphatic hydroxyl groups is 1. The Balaban J connectivity index is 1.48. The summed E-state index contributed by atoms with van der Waals surface area (Å²) in [5.41, 5.74) is 0.400. The van der Waals surface area contributed by atoms with Crippen LogP contribution in [-0.4, -0.2) is 36.4 Å². The number of fused-ring (bicyclic) bond motifs is 5. The minimum atomic E-state index is -0.0941. The van der Waals surface area contributed by atoms with E-state index in [1.807, 2.05) is 0 Å². The third kappa shape index (κ3) is 3.59. The molecule has 0 aromatic heterocycles. The number of aliphatic hydroxyl groups excluding tert-OH is 1. The van der Waals surface area contributed by atoms with Crippen molar-refractivity contribution < 1.29 is 14.6 Å². The van der Waals surface area contributed by atoms with Crippen molar-refractivity contribution in [3.05, 3.63) is 0 Å². The highest BCUT2D eigenvalue weighted by Crippen LogP contribution is 2.67. The van der Waals surface area contributed by atoms with Gasteiger partial charge in [-0.15, -0.1) is 0 Å². The van der Waals surface area contributed by atoms with Crippen LogP contribution < -0.4 is 5.32 Å². The standard InChI is InChI=1S/C27H45NO3/c1-26-14-13-19(29)15-17(26)9-10-20-21-11-12-22(25(30)31-3)27(21,2)16-23(24(20)26)28-18-7-5-4-6-8-18/h17-24,28-29H,4-16H2,1-3H3/t17-,19+,20+,21+,22-,23-,24-,26+,27+/m1/s1. The average Bonchev–Trinajstić information content (AvgIpc) is 3.11. The molecule has 2 N–H and O–H groups in total. The smallest absolute Gasteiger partial charge is 0.309 e. The van der Waals surface area contributed by atoms with Gasteiger partial charge in [0.2, 0.25) is 0 Å². The first-order chi connectivity index (χ1) is 14.9. The molecule has 4 nitrogen and oxygen atoms in total. The maximum absolute atomic E-state index is 12.8. The van der Waals surface area contributed by atoms with Crippen LogP contribution in [0.2, 0.25) is 0 Å². The molecule has 0 unspecified atom stereocenters. The molecule has 31 heavy (non-hydrogen) atoms. The Hall–Kier alpha value is -0.610. The van der Waals surface area contributed by atoms with Crippen LogP contribution in [0.4, 0.5) is 0 Å². The van der Waals surface area contributed by atoms with E-state index in [9.17, 15) is 9.90 Å². The summed E-state index contributed by atoms with van der Waals surface area (Å²) in [4.78, 5) is 12.8. The lowest BCUT2D eigenvalue weighted by atomic mass is 9.43. The Bertz CT molecular complexity index is 675. The first-order valence-electron chi connectivity index (χ1n) is 13.4. The molecule has 9 atom stereocenters. The van der Waals surface area contributed by atoms with Gasteiger partial charge in [-0.1, -0.05) is 33.1 Å². The van der Waals surface area contributed by atoms with Crippen LogP contribution in [0, 0.1) is 40.4 Å². The van der Waals surface area contributed by atoms with Crippen LogP contribution in [0.3, 0.4) is 0 Å². The van der Waals surface area contributed by atoms with E-state index in [0.29, 0.717) is 41.2 Å². The second-order valence-corrected chi connectivity index (χ2v) is 12.5. The van der Waals surface area contributed by atoms with Crippen molar-refractivity contribution in [1.29, 1.82) is 0 Å². The van der Waals surface area contributed by atoms with Crippen molar-refractivity contribution in [2.75, 3.05) is 7.11 Å².